The van der Waals surface area contributed by atoms with Crippen molar-refractivity contribution in [1.29, 1.82) is 0 Å². The first kappa shape index (κ1) is 53.4. The van der Waals surface area contributed by atoms with Gasteiger partial charge in [-0.25, -0.2) is 0 Å². The van der Waals surface area contributed by atoms with Crippen molar-refractivity contribution in [3.8, 4) is 61.3 Å². The summed E-state index contributed by atoms with van der Waals surface area (Å²) in [7, 11) is 0. The van der Waals surface area contributed by atoms with E-state index in [9.17, 15) is 0 Å². The predicted molar refractivity (Wildman–Crippen MR) is 371 cm³/mol. The second-order valence-corrected chi connectivity index (χ2v) is 23.9. The van der Waals surface area contributed by atoms with Gasteiger partial charge in [0, 0.05) is 46.2 Å². The number of hydrogen-bond acceptors (Lipinski definition) is 1. The van der Waals surface area contributed by atoms with Crippen LogP contribution in [0.15, 0.2) is 309 Å². The Morgan fingerprint density at radius 2 is 1.01 bits per heavy atom. The summed E-state index contributed by atoms with van der Waals surface area (Å²) in [5.41, 5.74) is 27.5. The summed E-state index contributed by atoms with van der Waals surface area (Å²) < 4.78 is 2.57. The smallest absolute Gasteiger partial charge is 0.0534 e. The molecule has 0 spiro atoms. The predicted octanol–water partition coefficient (Wildman–Crippen LogP) is 22.7. The highest BCUT2D eigenvalue weighted by Crippen LogP contribution is 2.48. The summed E-state index contributed by atoms with van der Waals surface area (Å²) in [5, 5.41) is 6.35. The maximum Gasteiger partial charge on any atom is 0.0534 e. The van der Waals surface area contributed by atoms with E-state index in [0.717, 1.165) is 37.1 Å². The molecule has 15 rings (SSSR count). The van der Waals surface area contributed by atoms with Crippen LogP contribution in [0.5, 0.6) is 0 Å². The minimum atomic E-state index is 0.189. The van der Waals surface area contributed by atoms with E-state index >= 15 is 0 Å². The van der Waals surface area contributed by atoms with Crippen molar-refractivity contribution >= 4 is 49.4 Å². The third-order valence-electron chi connectivity index (χ3n) is 18.4. The fourth-order valence-electron chi connectivity index (χ4n) is 14.2. The lowest BCUT2D eigenvalue weighted by Crippen LogP contribution is -2.18. The van der Waals surface area contributed by atoms with Gasteiger partial charge in [-0.3, -0.25) is 0 Å². The van der Waals surface area contributed by atoms with Crippen molar-refractivity contribution < 1.29 is 0 Å². The third kappa shape index (κ3) is 9.92. The van der Waals surface area contributed by atoms with Crippen LogP contribution in [0.25, 0.3) is 99.3 Å². The summed E-state index contributed by atoms with van der Waals surface area (Å²) in [4.78, 5) is 2.50. The van der Waals surface area contributed by atoms with Gasteiger partial charge in [-0.2, -0.15) is 0 Å². The van der Waals surface area contributed by atoms with Crippen LogP contribution in [0.3, 0.4) is 0 Å². The van der Waals surface area contributed by atoms with Gasteiger partial charge in [0.2, 0.25) is 0 Å². The number of benzene rings is 11. The first-order chi connectivity index (χ1) is 42.9. The summed E-state index contributed by atoms with van der Waals surface area (Å²) >= 11 is 0. The van der Waals surface area contributed by atoms with Crippen LogP contribution in [0.2, 0.25) is 0 Å². The van der Waals surface area contributed by atoms with Gasteiger partial charge in [-0.15, -0.1) is 0 Å². The molecule has 11 aromatic carbocycles. The zero-order valence-corrected chi connectivity index (χ0v) is 49.7. The van der Waals surface area contributed by atoms with E-state index in [1.54, 1.807) is 0 Å². The fraction of sp³-hybridized carbons (Fsp3) is 0.106. The number of anilines is 2. The average molecular weight is 1120 g/mol. The molecule has 2 nitrogen and oxygen atoms in total. The van der Waals surface area contributed by atoms with E-state index in [2.05, 4.69) is 328 Å². The minimum absolute atomic E-state index is 0.189. The topological polar surface area (TPSA) is 8.17 Å². The molecule has 0 aliphatic heterocycles. The molecule has 0 N–H and O–H groups in total. The number of allylic oxidation sites excluding steroid dienone is 11. The normalized spacial score (nSPS) is 15.6. The largest absolute Gasteiger partial charge is 0.313 e. The Morgan fingerprint density at radius 3 is 1.68 bits per heavy atom. The van der Waals surface area contributed by atoms with Crippen LogP contribution in [0.1, 0.15) is 47.7 Å². The molecule has 0 fully saturated rings. The van der Waals surface area contributed by atoms with E-state index in [1.807, 2.05) is 0 Å². The van der Waals surface area contributed by atoms with E-state index < -0.39 is 0 Å². The van der Waals surface area contributed by atoms with Gasteiger partial charge in [0.1, 0.15) is 0 Å². The highest BCUT2D eigenvalue weighted by atomic mass is 15.2. The van der Waals surface area contributed by atoms with Gasteiger partial charge in [-0.05, 0) is 204 Å². The maximum absolute atomic E-state index is 2.57. The summed E-state index contributed by atoms with van der Waals surface area (Å²) in [6, 6.07) is 90.1. The first-order valence-corrected chi connectivity index (χ1v) is 31.0. The molecule has 418 valence electrons. The van der Waals surface area contributed by atoms with Gasteiger partial charge in [0.25, 0.3) is 0 Å². The van der Waals surface area contributed by atoms with Crippen LogP contribution in [0, 0.1) is 25.7 Å². The molecule has 1 aromatic heterocycles. The van der Waals surface area contributed by atoms with Crippen LogP contribution in [-0.4, -0.2) is 4.57 Å². The van der Waals surface area contributed by atoms with E-state index in [1.165, 1.54) is 139 Å². The molecule has 2 unspecified atom stereocenters. The van der Waals surface area contributed by atoms with Crippen LogP contribution >= 0.6 is 0 Å². The van der Waals surface area contributed by atoms with Crippen molar-refractivity contribution in [2.24, 2.45) is 11.8 Å². The van der Waals surface area contributed by atoms with Gasteiger partial charge in [0.15, 0.2) is 0 Å². The minimum Gasteiger partial charge on any atom is -0.313 e. The summed E-state index contributed by atoms with van der Waals surface area (Å²) in [5.74, 6) is 0.664. The number of aromatic nitrogens is 1. The van der Waals surface area contributed by atoms with E-state index in [0.29, 0.717) is 5.92 Å². The number of rotatable bonds is 11. The van der Waals surface area contributed by atoms with Crippen molar-refractivity contribution in [2.45, 2.75) is 46.5 Å². The van der Waals surface area contributed by atoms with Crippen molar-refractivity contribution in [2.75, 3.05) is 4.90 Å². The zero-order chi connectivity index (χ0) is 58.4. The molecule has 0 amide bonds. The molecule has 12 aromatic rings. The van der Waals surface area contributed by atoms with Crippen LogP contribution in [0.4, 0.5) is 11.4 Å². The quantitative estimate of drug-likeness (QED) is 0.0926. The molecule has 2 heteroatoms. The SMILES string of the molecule is Cc1cc(N(C2=CCC(C)C=C2)c2ccc(-n3c4c(c5cc(-c6ccccc6-c6ccccc6)ccc53)CC(C3=C(c5ccccc5)C=CCC=C3)C=CC4)cc2)c(C)cc1-c1c2ccccc2c(-c2ccc(-c3ccccc3)cc2)c2ccccc12. The van der Waals surface area contributed by atoms with Gasteiger partial charge in [0.05, 0.1) is 5.52 Å². The van der Waals surface area contributed by atoms with Crippen LogP contribution in [-0.2, 0) is 12.8 Å². The van der Waals surface area contributed by atoms with E-state index in [4.69, 9.17) is 0 Å². The lowest BCUT2D eigenvalue weighted by Gasteiger charge is -2.31. The first-order valence-electron chi connectivity index (χ1n) is 31.0. The van der Waals surface area contributed by atoms with Crippen molar-refractivity contribution in [3.63, 3.8) is 0 Å². The fourth-order valence-corrected chi connectivity index (χ4v) is 14.2. The highest BCUT2D eigenvalue weighted by molar-refractivity contribution is 6.21. The molecule has 2 atom stereocenters. The Kier molecular flexibility index (Phi) is 14.1. The number of hydrogen-bond donors (Lipinski definition) is 0. The van der Waals surface area contributed by atoms with Gasteiger partial charge >= 0.3 is 0 Å². The Morgan fingerprint density at radius 1 is 0.437 bits per heavy atom. The zero-order valence-electron chi connectivity index (χ0n) is 49.7. The lowest BCUT2D eigenvalue weighted by atomic mass is 9.84. The number of fused-ring (bicyclic) bond motifs is 5. The molecule has 1 heterocycles. The highest BCUT2D eigenvalue weighted by Gasteiger charge is 2.28. The Labute approximate surface area is 512 Å². The van der Waals surface area contributed by atoms with Crippen molar-refractivity contribution in [3.05, 3.63) is 337 Å². The maximum atomic E-state index is 2.57. The van der Waals surface area contributed by atoms with Crippen molar-refractivity contribution in [1.82, 2.24) is 4.57 Å². The van der Waals surface area contributed by atoms with Gasteiger partial charge in [-0.1, -0.05) is 250 Å². The molecule has 0 saturated heterocycles. The molecule has 0 bridgehead atoms. The summed E-state index contributed by atoms with van der Waals surface area (Å²) in [6.07, 6.45) is 25.1. The number of aryl methyl sites for hydroxylation is 2. The Hall–Kier alpha value is -10.3. The van der Waals surface area contributed by atoms with Gasteiger partial charge < -0.3 is 9.47 Å². The second kappa shape index (κ2) is 23.0. The second-order valence-electron chi connectivity index (χ2n) is 23.9. The third-order valence-corrected chi connectivity index (χ3v) is 18.4. The van der Waals surface area contributed by atoms with Crippen LogP contribution < -0.4 is 4.90 Å². The van der Waals surface area contributed by atoms with E-state index in [-0.39, 0.29) is 5.92 Å². The summed E-state index contributed by atoms with van der Waals surface area (Å²) in [6.45, 7) is 6.92. The molecule has 3 aliphatic rings. The standard InChI is InChI=1S/C85H68N2/c1-57-39-46-67(47-40-57)86(83-54-58(2)78(53-59(83)3)85-76-36-20-18-34-74(76)84(75-35-19-21-37-77(75)85)64-43-41-61(42-44-64)60-23-8-4-9-24-60)68-48-50-69(51-49-68)87-81-38-22-29-65(72-31-15-7-14-30-70(72)62-25-10-5-11-26-62)55-79(81)80-56-66(45-52-82(80)87)73-33-17-16-32-71(73)63-27-12-6-13-28-63/h4-6,8-37,39,41-54,56-57,65H,7,38,40,55H2,1-3H3. The Bertz CT molecular complexity index is 4740. The molecule has 0 saturated carbocycles. The monoisotopic (exact) mass is 1120 g/mol. The molecular weight excluding hydrogens is 1050 g/mol. The molecule has 0 radical (unpaired) electrons. The average Bonchev–Trinajstić information content (AvgIpc) is 1.71. The lowest BCUT2D eigenvalue weighted by molar-refractivity contribution is 0.728. The molecular formula is C85H68N2. The number of nitrogens with zero attached hydrogens (tertiary/aromatic N) is 2. The Balaban J connectivity index is 0.845. The molecule has 87 heavy (non-hydrogen) atoms. The molecule has 3 aliphatic carbocycles.